The van der Waals surface area contributed by atoms with Gasteiger partial charge in [0.1, 0.15) is 17.2 Å². The Morgan fingerprint density at radius 2 is 1.96 bits per heavy atom. The number of nitrogens with zero attached hydrogens (tertiary/aromatic N) is 2. The molecule has 3 aromatic rings. The minimum Gasteiger partial charge on any atom is -0.494 e. The molecule has 0 aliphatic heterocycles. The fraction of sp³-hybridized carbons (Fsp3) is 0. The van der Waals surface area contributed by atoms with E-state index >= 15 is 0 Å². The van der Waals surface area contributed by atoms with Crippen LogP contribution in [0.3, 0.4) is 0 Å². The third-order valence-corrected chi connectivity index (χ3v) is 4.59. The van der Waals surface area contributed by atoms with Gasteiger partial charge in [-0.05, 0) is 48.6 Å². The molecule has 0 spiro atoms. The number of rotatable bonds is 3. The Morgan fingerprint density at radius 1 is 1.22 bits per heavy atom. The van der Waals surface area contributed by atoms with Crippen LogP contribution in [-0.4, -0.2) is 20.9 Å². The summed E-state index contributed by atoms with van der Waals surface area (Å²) in [7, 11) is 0. The van der Waals surface area contributed by atoms with E-state index in [9.17, 15) is 18.7 Å². The molecule has 10 heteroatoms. The molecule has 0 amide bonds. The van der Waals surface area contributed by atoms with Gasteiger partial charge in [-0.1, -0.05) is 27.5 Å². The zero-order chi connectivity index (χ0) is 19.7. The van der Waals surface area contributed by atoms with Crippen molar-refractivity contribution in [2.75, 3.05) is 0 Å². The van der Waals surface area contributed by atoms with Gasteiger partial charge in [-0.2, -0.15) is 0 Å². The molecule has 0 aliphatic rings. The number of aromatic amines is 1. The molecular formula is C17H9BrClF2N3O2S. The summed E-state index contributed by atoms with van der Waals surface area (Å²) in [5, 5.41) is 10.3. The lowest BCUT2D eigenvalue weighted by Crippen LogP contribution is -2.18. The average Bonchev–Trinajstić information content (AvgIpc) is 2.59. The Morgan fingerprint density at radius 3 is 2.63 bits per heavy atom. The van der Waals surface area contributed by atoms with E-state index in [1.165, 1.54) is 24.3 Å². The van der Waals surface area contributed by atoms with Crippen LogP contribution in [0.2, 0.25) is 5.02 Å². The van der Waals surface area contributed by atoms with Gasteiger partial charge in [0.05, 0.1) is 16.4 Å². The molecule has 2 N–H and O–H groups in total. The molecule has 5 nitrogen and oxygen atoms in total. The molecule has 0 bridgehead atoms. The zero-order valence-electron chi connectivity index (χ0n) is 13.2. The normalized spacial score (nSPS) is 11.3. The number of aromatic nitrogens is 2. The molecule has 1 heterocycles. The SMILES string of the molecule is O=c1[nH]c(=S)n(-c2ccc(F)c(Cl)c2)c(O)c1C=Nc1ccc(Br)cc1F. The summed E-state index contributed by atoms with van der Waals surface area (Å²) in [4.78, 5) is 18.4. The van der Waals surface area contributed by atoms with Gasteiger partial charge in [-0.15, -0.1) is 0 Å². The lowest BCUT2D eigenvalue weighted by atomic mass is 10.2. The second-order valence-electron chi connectivity index (χ2n) is 5.28. The van der Waals surface area contributed by atoms with Crippen LogP contribution in [0, 0.1) is 16.4 Å². The average molecular weight is 473 g/mol. The predicted octanol–water partition coefficient (Wildman–Crippen LogP) is 5.05. The minimum absolute atomic E-state index is 0.0316. The first kappa shape index (κ1) is 19.4. The quantitative estimate of drug-likeness (QED) is 0.414. The highest BCUT2D eigenvalue weighted by Crippen LogP contribution is 2.25. The third-order valence-electron chi connectivity index (χ3n) is 3.52. The van der Waals surface area contributed by atoms with Crippen molar-refractivity contribution < 1.29 is 13.9 Å². The van der Waals surface area contributed by atoms with Crippen LogP contribution in [0.5, 0.6) is 5.88 Å². The summed E-state index contributed by atoms with van der Waals surface area (Å²) in [6, 6.07) is 7.84. The largest absolute Gasteiger partial charge is 0.494 e. The van der Waals surface area contributed by atoms with E-state index in [4.69, 9.17) is 23.8 Å². The predicted molar refractivity (Wildman–Crippen MR) is 105 cm³/mol. The Kier molecular flexibility index (Phi) is 5.54. The van der Waals surface area contributed by atoms with Gasteiger partial charge in [-0.25, -0.2) is 8.78 Å². The van der Waals surface area contributed by atoms with Gasteiger partial charge in [-0.3, -0.25) is 19.3 Å². The summed E-state index contributed by atoms with van der Waals surface area (Å²) in [5.74, 6) is -1.81. The molecule has 2 aromatic carbocycles. The molecular weight excluding hydrogens is 464 g/mol. The molecule has 0 saturated heterocycles. The van der Waals surface area contributed by atoms with E-state index < -0.39 is 23.1 Å². The first-order valence-corrected chi connectivity index (χ1v) is 8.88. The highest BCUT2D eigenvalue weighted by atomic mass is 79.9. The van der Waals surface area contributed by atoms with E-state index in [1.54, 1.807) is 6.07 Å². The molecule has 138 valence electrons. The molecule has 0 saturated carbocycles. The highest BCUT2D eigenvalue weighted by molar-refractivity contribution is 9.10. The van der Waals surface area contributed by atoms with Gasteiger partial charge in [0.25, 0.3) is 5.56 Å². The number of H-pyrrole nitrogens is 1. The lowest BCUT2D eigenvalue weighted by molar-refractivity contribution is 0.432. The van der Waals surface area contributed by atoms with Crippen LogP contribution in [0.15, 0.2) is 50.7 Å². The number of nitrogens with one attached hydrogen (secondary N) is 1. The van der Waals surface area contributed by atoms with Gasteiger partial charge >= 0.3 is 0 Å². The van der Waals surface area contributed by atoms with Crippen molar-refractivity contribution in [2.45, 2.75) is 0 Å². The molecule has 0 aliphatic carbocycles. The van der Waals surface area contributed by atoms with Crippen molar-refractivity contribution in [1.82, 2.24) is 9.55 Å². The summed E-state index contributed by atoms with van der Waals surface area (Å²) < 4.78 is 28.7. The third kappa shape index (κ3) is 4.00. The van der Waals surface area contributed by atoms with Gasteiger partial charge in [0, 0.05) is 10.7 Å². The summed E-state index contributed by atoms with van der Waals surface area (Å²) >= 11 is 14.0. The van der Waals surface area contributed by atoms with Crippen molar-refractivity contribution in [3.63, 3.8) is 0 Å². The maximum absolute atomic E-state index is 13.9. The second-order valence-corrected chi connectivity index (χ2v) is 6.99. The summed E-state index contributed by atoms with van der Waals surface area (Å²) in [6.07, 6.45) is 1.01. The monoisotopic (exact) mass is 471 g/mol. The van der Waals surface area contributed by atoms with Crippen molar-refractivity contribution in [3.05, 3.63) is 78.2 Å². The Balaban J connectivity index is 2.14. The number of aliphatic imine (C=N–C) groups is 1. The number of hydrogen-bond donors (Lipinski definition) is 2. The van der Waals surface area contributed by atoms with Gasteiger partial charge in [0.2, 0.25) is 5.88 Å². The van der Waals surface area contributed by atoms with Crippen molar-refractivity contribution in [3.8, 4) is 11.6 Å². The topological polar surface area (TPSA) is 70.4 Å². The van der Waals surface area contributed by atoms with Gasteiger partial charge in [0.15, 0.2) is 4.77 Å². The molecule has 0 radical (unpaired) electrons. The number of halogens is 4. The fourth-order valence-electron chi connectivity index (χ4n) is 2.24. The van der Waals surface area contributed by atoms with Crippen molar-refractivity contribution in [2.24, 2.45) is 4.99 Å². The number of hydrogen-bond acceptors (Lipinski definition) is 4. The fourth-order valence-corrected chi connectivity index (χ4v) is 3.03. The van der Waals surface area contributed by atoms with Crippen LogP contribution in [-0.2, 0) is 0 Å². The Labute approximate surface area is 169 Å². The van der Waals surface area contributed by atoms with E-state index in [0.717, 1.165) is 16.8 Å². The van der Waals surface area contributed by atoms with Crippen LogP contribution >= 0.6 is 39.7 Å². The van der Waals surface area contributed by atoms with Crippen molar-refractivity contribution >= 4 is 51.7 Å². The van der Waals surface area contributed by atoms with E-state index in [0.29, 0.717) is 4.47 Å². The minimum atomic E-state index is -0.719. The Bertz CT molecular complexity index is 1190. The molecule has 0 fully saturated rings. The molecule has 1 aromatic heterocycles. The maximum atomic E-state index is 13.9. The molecule has 0 atom stereocenters. The number of aromatic hydroxyl groups is 1. The first-order chi connectivity index (χ1) is 12.8. The summed E-state index contributed by atoms with van der Waals surface area (Å²) in [5.41, 5.74) is -0.782. The molecule has 3 rings (SSSR count). The first-order valence-electron chi connectivity index (χ1n) is 7.31. The highest BCUT2D eigenvalue weighted by Gasteiger charge is 2.14. The second kappa shape index (κ2) is 7.71. The Hall–Kier alpha value is -2.36. The number of benzene rings is 2. The van der Waals surface area contributed by atoms with E-state index in [2.05, 4.69) is 25.9 Å². The van der Waals surface area contributed by atoms with Crippen LogP contribution in [0.25, 0.3) is 5.69 Å². The maximum Gasteiger partial charge on any atom is 0.264 e. The van der Waals surface area contributed by atoms with Crippen molar-refractivity contribution in [1.29, 1.82) is 0 Å². The zero-order valence-corrected chi connectivity index (χ0v) is 16.4. The standard InChI is InChI=1S/C17H9BrClF2N3O2S/c18-8-1-4-14(13(21)5-8)22-7-10-15(25)23-17(27)24(16(10)26)9-2-3-12(20)11(19)6-9/h1-7,26H,(H,23,25,27). The molecule has 27 heavy (non-hydrogen) atoms. The molecule has 0 unspecified atom stereocenters. The van der Waals surface area contributed by atoms with E-state index in [-0.39, 0.29) is 26.7 Å². The van der Waals surface area contributed by atoms with Crippen LogP contribution < -0.4 is 5.56 Å². The summed E-state index contributed by atoms with van der Waals surface area (Å²) in [6.45, 7) is 0. The van der Waals surface area contributed by atoms with Crippen LogP contribution in [0.4, 0.5) is 14.5 Å². The lowest BCUT2D eigenvalue weighted by Gasteiger charge is -2.11. The van der Waals surface area contributed by atoms with Crippen LogP contribution in [0.1, 0.15) is 5.56 Å². The smallest absolute Gasteiger partial charge is 0.264 e. The van der Waals surface area contributed by atoms with Gasteiger partial charge < -0.3 is 5.11 Å². The van der Waals surface area contributed by atoms with E-state index in [1.807, 2.05) is 0 Å².